The predicted octanol–water partition coefficient (Wildman–Crippen LogP) is 4.72. The number of fused-ring (bicyclic) bond motifs is 1. The van der Waals surface area contributed by atoms with Crippen LogP contribution in [0.15, 0.2) is 73.3 Å². The van der Waals surface area contributed by atoms with E-state index in [1.165, 1.54) is 0 Å². The van der Waals surface area contributed by atoms with Crippen molar-refractivity contribution in [3.05, 3.63) is 78.3 Å². The Hall–Kier alpha value is -2.65. The molecule has 0 spiro atoms. The van der Waals surface area contributed by atoms with Gasteiger partial charge in [0.15, 0.2) is 0 Å². The molecule has 0 aliphatic rings. The molecular formula is C18H12ClN3. The molecule has 3 nitrogen and oxygen atoms in total. The fourth-order valence-corrected chi connectivity index (χ4v) is 2.77. The minimum atomic E-state index is 0.708. The monoisotopic (exact) mass is 305 g/mol. The Morgan fingerprint density at radius 2 is 1.82 bits per heavy atom. The van der Waals surface area contributed by atoms with E-state index in [1.54, 1.807) is 12.4 Å². The van der Waals surface area contributed by atoms with Crippen molar-refractivity contribution in [1.82, 2.24) is 14.4 Å². The lowest BCUT2D eigenvalue weighted by molar-refractivity contribution is 1.19. The molecule has 0 saturated carbocycles. The molecule has 0 saturated heterocycles. The van der Waals surface area contributed by atoms with Gasteiger partial charge in [-0.3, -0.25) is 4.98 Å². The number of benzene rings is 1. The number of aromatic nitrogens is 3. The van der Waals surface area contributed by atoms with Crippen molar-refractivity contribution in [3.63, 3.8) is 0 Å². The fourth-order valence-electron chi connectivity index (χ4n) is 2.58. The molecule has 0 unspecified atom stereocenters. The molecule has 0 amide bonds. The molecule has 0 fully saturated rings. The number of rotatable bonds is 2. The molecule has 22 heavy (non-hydrogen) atoms. The first-order chi connectivity index (χ1) is 10.8. The van der Waals surface area contributed by atoms with E-state index in [2.05, 4.69) is 28.3 Å². The summed E-state index contributed by atoms with van der Waals surface area (Å²) in [6, 6.07) is 15.8. The maximum absolute atomic E-state index is 6.12. The first-order valence-corrected chi connectivity index (χ1v) is 7.33. The second-order valence-corrected chi connectivity index (χ2v) is 5.46. The molecule has 0 bridgehead atoms. The molecule has 0 aliphatic heterocycles. The topological polar surface area (TPSA) is 30.2 Å². The van der Waals surface area contributed by atoms with Crippen molar-refractivity contribution in [3.8, 4) is 22.4 Å². The van der Waals surface area contributed by atoms with Gasteiger partial charge >= 0.3 is 0 Å². The van der Waals surface area contributed by atoms with Crippen molar-refractivity contribution in [2.45, 2.75) is 0 Å². The van der Waals surface area contributed by atoms with Gasteiger partial charge in [0.05, 0.1) is 5.69 Å². The van der Waals surface area contributed by atoms with Gasteiger partial charge in [-0.15, -0.1) is 0 Å². The predicted molar refractivity (Wildman–Crippen MR) is 88.9 cm³/mol. The second-order valence-electron chi connectivity index (χ2n) is 5.02. The van der Waals surface area contributed by atoms with Crippen LogP contribution in [-0.2, 0) is 0 Å². The van der Waals surface area contributed by atoms with Crippen LogP contribution in [0, 0.1) is 0 Å². The van der Waals surface area contributed by atoms with Gasteiger partial charge in [-0.05, 0) is 30.3 Å². The van der Waals surface area contributed by atoms with Gasteiger partial charge in [0.25, 0.3) is 0 Å². The Kier molecular flexibility index (Phi) is 3.13. The summed E-state index contributed by atoms with van der Waals surface area (Å²) < 4.78 is 2.00. The lowest BCUT2D eigenvalue weighted by Crippen LogP contribution is -1.91. The summed E-state index contributed by atoms with van der Waals surface area (Å²) in [6.45, 7) is 0. The zero-order valence-corrected chi connectivity index (χ0v) is 12.4. The first-order valence-electron chi connectivity index (χ1n) is 6.95. The van der Waals surface area contributed by atoms with Crippen LogP contribution in [0.4, 0.5) is 0 Å². The van der Waals surface area contributed by atoms with Crippen molar-refractivity contribution in [2.24, 2.45) is 0 Å². The summed E-state index contributed by atoms with van der Waals surface area (Å²) in [7, 11) is 0. The zero-order valence-electron chi connectivity index (χ0n) is 11.6. The average Bonchev–Trinajstić information content (AvgIpc) is 3.02. The lowest BCUT2D eigenvalue weighted by Gasteiger charge is -2.09. The SMILES string of the molecule is Clc1cccc(-c2ncccc2-c2ccc3nccn3c2)c1. The molecule has 3 aromatic heterocycles. The summed E-state index contributed by atoms with van der Waals surface area (Å²) in [4.78, 5) is 8.83. The third-order valence-electron chi connectivity index (χ3n) is 3.61. The Labute approximate surface area is 132 Å². The van der Waals surface area contributed by atoms with Gasteiger partial charge in [-0.2, -0.15) is 0 Å². The van der Waals surface area contributed by atoms with Crippen molar-refractivity contribution < 1.29 is 0 Å². The van der Waals surface area contributed by atoms with Gasteiger partial charge in [0.2, 0.25) is 0 Å². The number of halogens is 1. The van der Waals surface area contributed by atoms with Gasteiger partial charge in [0, 0.05) is 46.5 Å². The van der Waals surface area contributed by atoms with Crippen LogP contribution < -0.4 is 0 Å². The first kappa shape index (κ1) is 13.0. The largest absolute Gasteiger partial charge is 0.306 e. The van der Waals surface area contributed by atoms with Crippen LogP contribution in [0.5, 0.6) is 0 Å². The standard InChI is InChI=1S/C18H12ClN3/c19-15-4-1-3-13(11-15)18-16(5-2-8-21-18)14-6-7-17-20-9-10-22(17)12-14/h1-12H. The molecule has 0 N–H and O–H groups in total. The average molecular weight is 306 g/mol. The van der Waals surface area contributed by atoms with Crippen molar-refractivity contribution in [2.75, 3.05) is 0 Å². The maximum atomic E-state index is 6.12. The van der Waals surface area contributed by atoms with Crippen LogP contribution >= 0.6 is 11.6 Å². The molecule has 4 rings (SSSR count). The van der Waals surface area contributed by atoms with E-state index in [-0.39, 0.29) is 0 Å². The normalized spacial score (nSPS) is 11.0. The molecule has 1 aromatic carbocycles. The third kappa shape index (κ3) is 2.26. The Balaban J connectivity index is 1.92. The second kappa shape index (κ2) is 5.28. The number of nitrogens with zero attached hydrogens (tertiary/aromatic N) is 3. The summed E-state index contributed by atoms with van der Waals surface area (Å²) >= 11 is 6.12. The lowest BCUT2D eigenvalue weighted by atomic mass is 10.0. The van der Waals surface area contributed by atoms with E-state index in [4.69, 9.17) is 11.6 Å². The Morgan fingerprint density at radius 1 is 0.864 bits per heavy atom. The highest BCUT2D eigenvalue weighted by atomic mass is 35.5. The van der Waals surface area contributed by atoms with Crippen molar-refractivity contribution in [1.29, 1.82) is 0 Å². The molecule has 4 aromatic rings. The van der Waals surface area contributed by atoms with E-state index in [9.17, 15) is 0 Å². The minimum Gasteiger partial charge on any atom is -0.306 e. The molecule has 4 heteroatoms. The van der Waals surface area contributed by atoms with Crippen LogP contribution in [0.25, 0.3) is 28.0 Å². The molecular weight excluding hydrogens is 294 g/mol. The number of pyridine rings is 2. The quantitative estimate of drug-likeness (QED) is 0.536. The summed E-state index contributed by atoms with van der Waals surface area (Å²) in [5, 5.41) is 0.708. The van der Waals surface area contributed by atoms with Gasteiger partial charge < -0.3 is 4.40 Å². The Bertz CT molecular complexity index is 959. The van der Waals surface area contributed by atoms with E-state index in [1.807, 2.05) is 47.0 Å². The highest BCUT2D eigenvalue weighted by Crippen LogP contribution is 2.31. The van der Waals surface area contributed by atoms with E-state index < -0.39 is 0 Å². The van der Waals surface area contributed by atoms with Gasteiger partial charge in [-0.1, -0.05) is 29.8 Å². The van der Waals surface area contributed by atoms with Crippen LogP contribution in [0.1, 0.15) is 0 Å². The summed E-state index contributed by atoms with van der Waals surface area (Å²) in [6.07, 6.45) is 7.59. The molecule has 0 aliphatic carbocycles. The van der Waals surface area contributed by atoms with E-state index in [0.717, 1.165) is 28.0 Å². The van der Waals surface area contributed by atoms with Crippen LogP contribution in [0.3, 0.4) is 0 Å². The molecule has 3 heterocycles. The molecule has 0 radical (unpaired) electrons. The molecule has 0 atom stereocenters. The van der Waals surface area contributed by atoms with Gasteiger partial charge in [-0.25, -0.2) is 4.98 Å². The molecule has 106 valence electrons. The summed E-state index contributed by atoms with van der Waals surface area (Å²) in [5.41, 5.74) is 5.02. The van der Waals surface area contributed by atoms with E-state index >= 15 is 0 Å². The summed E-state index contributed by atoms with van der Waals surface area (Å²) in [5.74, 6) is 0. The number of imidazole rings is 1. The smallest absolute Gasteiger partial charge is 0.136 e. The Morgan fingerprint density at radius 3 is 2.73 bits per heavy atom. The van der Waals surface area contributed by atoms with Crippen molar-refractivity contribution >= 4 is 17.2 Å². The highest BCUT2D eigenvalue weighted by molar-refractivity contribution is 6.30. The van der Waals surface area contributed by atoms with Crippen LogP contribution in [0.2, 0.25) is 5.02 Å². The highest BCUT2D eigenvalue weighted by Gasteiger charge is 2.09. The fraction of sp³-hybridized carbons (Fsp3) is 0. The number of hydrogen-bond donors (Lipinski definition) is 0. The minimum absolute atomic E-state index is 0.708. The third-order valence-corrected chi connectivity index (χ3v) is 3.84. The van der Waals surface area contributed by atoms with E-state index in [0.29, 0.717) is 5.02 Å². The van der Waals surface area contributed by atoms with Crippen LogP contribution in [-0.4, -0.2) is 14.4 Å². The maximum Gasteiger partial charge on any atom is 0.136 e. The zero-order chi connectivity index (χ0) is 14.9. The number of hydrogen-bond acceptors (Lipinski definition) is 2. The van der Waals surface area contributed by atoms with Gasteiger partial charge in [0.1, 0.15) is 5.65 Å².